The van der Waals surface area contributed by atoms with Gasteiger partial charge in [0.1, 0.15) is 0 Å². The molecule has 0 unspecified atom stereocenters. The van der Waals surface area contributed by atoms with Crippen LogP contribution in [0.2, 0.25) is 0 Å². The van der Waals surface area contributed by atoms with Crippen LogP contribution in [0, 0.1) is 18.8 Å². The lowest BCUT2D eigenvalue weighted by Gasteiger charge is -2.19. The first kappa shape index (κ1) is 30.8. The van der Waals surface area contributed by atoms with Gasteiger partial charge in [-0.05, 0) is 19.1 Å². The van der Waals surface area contributed by atoms with E-state index in [1.165, 1.54) is 5.69 Å². The first-order valence-corrected chi connectivity index (χ1v) is 11.0. The summed E-state index contributed by atoms with van der Waals surface area (Å²) in [5, 5.41) is 22.0. The van der Waals surface area contributed by atoms with E-state index in [1.54, 1.807) is 12.4 Å². The van der Waals surface area contributed by atoms with Crippen LogP contribution in [-0.2, 0) is 27.9 Å². The van der Waals surface area contributed by atoms with E-state index in [1.807, 2.05) is 24.7 Å². The van der Waals surface area contributed by atoms with Gasteiger partial charge in [0.05, 0.1) is 24.1 Å². The number of likely N-dealkylation sites (tertiary alicyclic amines) is 1. The van der Waals surface area contributed by atoms with Crippen molar-refractivity contribution in [2.24, 2.45) is 18.9 Å². The zero-order chi connectivity index (χ0) is 28.7. The number of ether oxygens (including phenoxy) is 1. The number of aliphatic carboxylic acids is 2. The number of halogens is 6. The zero-order valence-corrected chi connectivity index (χ0v) is 20.2. The van der Waals surface area contributed by atoms with Gasteiger partial charge in [-0.3, -0.25) is 9.58 Å². The second-order valence-corrected chi connectivity index (χ2v) is 8.45. The average molecular weight is 556 g/mol. The maximum absolute atomic E-state index is 10.6. The molecule has 38 heavy (non-hydrogen) atoms. The van der Waals surface area contributed by atoms with Crippen molar-refractivity contribution in [3.63, 3.8) is 0 Å². The van der Waals surface area contributed by atoms with Crippen LogP contribution in [0.1, 0.15) is 11.4 Å². The Hall–Kier alpha value is -3.47. The Labute approximate surface area is 212 Å². The number of rotatable bonds is 5. The van der Waals surface area contributed by atoms with Crippen molar-refractivity contribution in [2.45, 2.75) is 31.9 Å². The average Bonchev–Trinajstić information content (AvgIpc) is 3.47. The molecule has 0 radical (unpaired) electrons. The van der Waals surface area contributed by atoms with Gasteiger partial charge in [-0.15, -0.1) is 0 Å². The molecule has 2 aromatic rings. The Kier molecular flexibility index (Phi) is 10.4. The molecule has 2 aliphatic rings. The highest BCUT2D eigenvalue weighted by molar-refractivity contribution is 5.73. The van der Waals surface area contributed by atoms with Crippen molar-refractivity contribution in [2.75, 3.05) is 31.6 Å². The van der Waals surface area contributed by atoms with E-state index < -0.39 is 24.3 Å². The lowest BCUT2D eigenvalue weighted by Crippen LogP contribution is -2.28. The molecule has 2 aromatic heterocycles. The van der Waals surface area contributed by atoms with Gasteiger partial charge in [0.15, 0.2) is 0 Å². The second-order valence-electron chi connectivity index (χ2n) is 8.45. The van der Waals surface area contributed by atoms with Crippen LogP contribution in [0.3, 0.4) is 0 Å². The number of aryl methyl sites for hydroxylation is 2. The molecule has 0 aromatic carbocycles. The van der Waals surface area contributed by atoms with Crippen LogP contribution in [0.25, 0.3) is 0 Å². The predicted octanol–water partition coefficient (Wildman–Crippen LogP) is 2.34. The molecular formula is C21H26F6N6O5. The number of carboxylic acids is 2. The fraction of sp³-hybridized carbons (Fsp3) is 0.571. The monoisotopic (exact) mass is 556 g/mol. The second kappa shape index (κ2) is 12.9. The van der Waals surface area contributed by atoms with E-state index in [4.69, 9.17) is 24.5 Å². The normalized spacial score (nSPS) is 21.0. The van der Waals surface area contributed by atoms with Crippen molar-refractivity contribution < 1.29 is 50.9 Å². The van der Waals surface area contributed by atoms with Crippen molar-refractivity contribution in [3.8, 4) is 0 Å². The lowest BCUT2D eigenvalue weighted by atomic mass is 9.93. The minimum Gasteiger partial charge on any atom is -0.475 e. The fourth-order valence-corrected chi connectivity index (χ4v) is 3.87. The summed E-state index contributed by atoms with van der Waals surface area (Å²) in [7, 11) is 2.02. The van der Waals surface area contributed by atoms with Crippen LogP contribution in [0.15, 0.2) is 24.5 Å². The summed E-state index contributed by atoms with van der Waals surface area (Å²) >= 11 is 0. The van der Waals surface area contributed by atoms with E-state index in [-0.39, 0.29) is 0 Å². The molecule has 2 saturated heterocycles. The van der Waals surface area contributed by atoms with Crippen LogP contribution in [-0.4, -0.2) is 91.5 Å². The topological polar surface area (TPSA) is 143 Å². The minimum absolute atomic E-state index is 0.350. The Bertz CT molecular complexity index is 1040. The van der Waals surface area contributed by atoms with Crippen molar-refractivity contribution in [3.05, 3.63) is 35.9 Å². The SMILES string of the molecule is Cc1cc(CN2C[C@@H]3[C@@H](CNc4ncccn4)CO[C@@H]3C2)n(C)n1.O=C(O)C(F)(F)F.O=C(O)C(F)(F)F. The van der Waals surface area contributed by atoms with Gasteiger partial charge in [-0.25, -0.2) is 19.6 Å². The third-order valence-electron chi connectivity index (χ3n) is 5.57. The number of hydrogen-bond acceptors (Lipinski definition) is 8. The molecule has 2 fully saturated rings. The largest absolute Gasteiger partial charge is 0.490 e. The fourth-order valence-electron chi connectivity index (χ4n) is 3.87. The molecule has 212 valence electrons. The summed E-state index contributed by atoms with van der Waals surface area (Å²) in [4.78, 5) is 28.7. The Balaban J connectivity index is 0.000000301. The standard InChI is InChI=1S/C17H24N6O.2C2HF3O2/c1-12-6-14(22(2)21-12)8-23-9-15-13(11-24-16(15)10-23)7-20-17-18-4-3-5-19-17;2*3-2(4,5)1(6)7/h3-6,13,15-16H,7-11H2,1-2H3,(H,18,19,20);2*(H,6,7)/t13-,15+,16+;;/m0../s1. The number of nitrogens with one attached hydrogen (secondary N) is 1. The van der Waals surface area contributed by atoms with E-state index in [0.29, 0.717) is 23.9 Å². The number of hydrogen-bond donors (Lipinski definition) is 3. The number of alkyl halides is 6. The molecular weight excluding hydrogens is 530 g/mol. The van der Waals surface area contributed by atoms with E-state index in [0.717, 1.165) is 38.5 Å². The van der Waals surface area contributed by atoms with Crippen molar-refractivity contribution in [1.29, 1.82) is 0 Å². The summed E-state index contributed by atoms with van der Waals surface area (Å²) in [6, 6.07) is 4.00. The number of nitrogens with zero attached hydrogens (tertiary/aromatic N) is 5. The summed E-state index contributed by atoms with van der Waals surface area (Å²) < 4.78 is 71.5. The van der Waals surface area contributed by atoms with Gasteiger partial charge in [0.25, 0.3) is 0 Å². The highest BCUT2D eigenvalue weighted by Crippen LogP contribution is 2.34. The number of aromatic nitrogens is 4. The van der Waals surface area contributed by atoms with Gasteiger partial charge in [0.2, 0.25) is 5.95 Å². The van der Waals surface area contributed by atoms with Crippen LogP contribution < -0.4 is 5.32 Å². The van der Waals surface area contributed by atoms with Gasteiger partial charge >= 0.3 is 24.3 Å². The number of carbonyl (C=O) groups is 2. The number of fused-ring (bicyclic) bond motifs is 1. The molecule has 4 heterocycles. The quantitative estimate of drug-likeness (QED) is 0.470. The molecule has 2 aliphatic heterocycles. The molecule has 0 amide bonds. The Morgan fingerprint density at radius 1 is 1.08 bits per heavy atom. The minimum atomic E-state index is -5.08. The molecule has 0 spiro atoms. The highest BCUT2D eigenvalue weighted by atomic mass is 19.4. The summed E-state index contributed by atoms with van der Waals surface area (Å²) in [5.74, 6) is -3.73. The molecule has 0 bridgehead atoms. The predicted molar refractivity (Wildman–Crippen MR) is 118 cm³/mol. The zero-order valence-electron chi connectivity index (χ0n) is 20.2. The Morgan fingerprint density at radius 2 is 1.63 bits per heavy atom. The van der Waals surface area contributed by atoms with E-state index in [9.17, 15) is 26.3 Å². The van der Waals surface area contributed by atoms with Crippen LogP contribution in [0.5, 0.6) is 0 Å². The van der Waals surface area contributed by atoms with Gasteiger partial charge < -0.3 is 20.3 Å². The third-order valence-corrected chi connectivity index (χ3v) is 5.57. The maximum Gasteiger partial charge on any atom is 0.490 e. The number of carboxylic acid groups (broad SMARTS) is 2. The molecule has 3 atom stereocenters. The number of anilines is 1. The molecule has 0 aliphatic carbocycles. The Morgan fingerprint density at radius 3 is 2.11 bits per heavy atom. The molecule has 3 N–H and O–H groups in total. The smallest absolute Gasteiger partial charge is 0.475 e. The van der Waals surface area contributed by atoms with Crippen molar-refractivity contribution >= 4 is 17.9 Å². The van der Waals surface area contributed by atoms with Crippen LogP contribution >= 0.6 is 0 Å². The van der Waals surface area contributed by atoms with Gasteiger partial charge in [0, 0.05) is 57.5 Å². The molecule has 11 nitrogen and oxygen atoms in total. The molecule has 17 heteroatoms. The summed E-state index contributed by atoms with van der Waals surface area (Å²) in [5.41, 5.74) is 2.34. The van der Waals surface area contributed by atoms with Gasteiger partial charge in [-0.2, -0.15) is 31.4 Å². The van der Waals surface area contributed by atoms with E-state index in [2.05, 4.69) is 31.3 Å². The first-order chi connectivity index (χ1) is 17.6. The molecule has 0 saturated carbocycles. The lowest BCUT2D eigenvalue weighted by molar-refractivity contribution is -0.193. The summed E-state index contributed by atoms with van der Waals surface area (Å²) in [6.07, 6.45) is -6.30. The first-order valence-electron chi connectivity index (χ1n) is 11.0. The summed E-state index contributed by atoms with van der Waals surface area (Å²) in [6.45, 7) is 6.76. The van der Waals surface area contributed by atoms with E-state index >= 15 is 0 Å². The highest BCUT2D eigenvalue weighted by Gasteiger charge is 2.43. The molecule has 4 rings (SSSR count). The van der Waals surface area contributed by atoms with Crippen molar-refractivity contribution in [1.82, 2.24) is 24.6 Å². The van der Waals surface area contributed by atoms with Crippen LogP contribution in [0.4, 0.5) is 32.3 Å². The maximum atomic E-state index is 10.6. The van der Waals surface area contributed by atoms with Gasteiger partial charge in [-0.1, -0.05) is 0 Å². The third kappa shape index (κ3) is 9.44.